The molecule has 9 nitrogen and oxygen atoms in total. The van der Waals surface area contributed by atoms with Crippen LogP contribution in [-0.4, -0.2) is 30.2 Å². The number of carbonyl (C=O) groups excluding carboxylic acids is 2. The van der Waals surface area contributed by atoms with Crippen molar-refractivity contribution in [1.82, 2.24) is 25.5 Å². The summed E-state index contributed by atoms with van der Waals surface area (Å²) in [5.74, 6) is -1.33. The molecule has 3 rings (SSSR count). The van der Waals surface area contributed by atoms with Crippen molar-refractivity contribution in [3.05, 3.63) is 90.0 Å². The van der Waals surface area contributed by atoms with E-state index in [2.05, 4.69) is 25.5 Å². The van der Waals surface area contributed by atoms with E-state index in [4.69, 9.17) is 0 Å². The highest BCUT2D eigenvalue weighted by Gasteiger charge is 2.17. The first-order valence-corrected chi connectivity index (χ1v) is 9.94. The molecular weight excluding hydrogens is 394 g/mol. The normalized spacial score (nSPS) is 10.9. The van der Waals surface area contributed by atoms with Gasteiger partial charge in [0.25, 0.3) is 11.8 Å². The topological polar surface area (TPSA) is 130 Å². The number of sulfonamides is 1. The molecule has 2 amide bonds. The van der Waals surface area contributed by atoms with Gasteiger partial charge in [-0.15, -0.1) is 0 Å². The zero-order valence-electron chi connectivity index (χ0n) is 15.1. The van der Waals surface area contributed by atoms with Crippen LogP contribution in [0.2, 0.25) is 0 Å². The molecule has 1 aromatic heterocycles. The fourth-order valence-corrected chi connectivity index (χ4v) is 3.39. The minimum Gasteiger partial charge on any atom is -0.267 e. The molecule has 0 atom stereocenters. The molecule has 1 heterocycles. The van der Waals surface area contributed by atoms with Crippen LogP contribution in [0, 0.1) is 0 Å². The summed E-state index contributed by atoms with van der Waals surface area (Å²) >= 11 is 0. The second-order valence-corrected chi connectivity index (χ2v) is 7.60. The maximum Gasteiger partial charge on any atom is 0.289 e. The molecule has 3 aromatic rings. The molecule has 0 fully saturated rings. The molecule has 10 heteroatoms. The van der Waals surface area contributed by atoms with E-state index in [0.717, 1.165) is 5.56 Å². The monoisotopic (exact) mass is 411 g/mol. The van der Waals surface area contributed by atoms with Crippen molar-refractivity contribution in [1.29, 1.82) is 0 Å². The Morgan fingerprint density at radius 2 is 1.66 bits per heavy atom. The van der Waals surface area contributed by atoms with Crippen molar-refractivity contribution in [3.63, 3.8) is 0 Å². The minimum atomic E-state index is -3.82. The number of amides is 2. The first-order valence-electron chi connectivity index (χ1n) is 8.46. The number of nitrogens with one attached hydrogen (secondary N) is 3. The number of rotatable bonds is 6. The highest BCUT2D eigenvalue weighted by atomic mass is 32.2. The summed E-state index contributed by atoms with van der Waals surface area (Å²) in [4.78, 5) is 31.7. The lowest BCUT2D eigenvalue weighted by Crippen LogP contribution is -2.42. The van der Waals surface area contributed by atoms with Crippen LogP contribution >= 0.6 is 0 Å². The van der Waals surface area contributed by atoms with Gasteiger partial charge in [0.2, 0.25) is 10.0 Å². The van der Waals surface area contributed by atoms with Gasteiger partial charge in [-0.3, -0.25) is 25.4 Å². The average molecular weight is 411 g/mol. The lowest BCUT2D eigenvalue weighted by Gasteiger charge is -2.10. The Balaban J connectivity index is 1.65. The molecule has 0 aliphatic heterocycles. The highest BCUT2D eigenvalue weighted by Crippen LogP contribution is 2.12. The molecule has 0 aliphatic carbocycles. The average Bonchev–Trinajstić information content (AvgIpc) is 2.77. The Hall–Kier alpha value is -3.63. The van der Waals surface area contributed by atoms with Crippen LogP contribution in [-0.2, 0) is 16.6 Å². The first-order chi connectivity index (χ1) is 14.0. The smallest absolute Gasteiger partial charge is 0.267 e. The van der Waals surface area contributed by atoms with Gasteiger partial charge in [0.1, 0.15) is 5.69 Å². The SMILES string of the molecule is O=C(NNC(=O)c1cnccn1)c1cccc(S(=O)(=O)NCc2ccccc2)c1. The number of hydrogen-bond donors (Lipinski definition) is 3. The van der Waals surface area contributed by atoms with E-state index in [1.165, 1.54) is 42.9 Å². The molecule has 29 heavy (non-hydrogen) atoms. The Morgan fingerprint density at radius 1 is 0.897 bits per heavy atom. The van der Waals surface area contributed by atoms with Crippen LogP contribution in [0.15, 0.2) is 78.1 Å². The van der Waals surface area contributed by atoms with Crippen molar-refractivity contribution < 1.29 is 18.0 Å². The van der Waals surface area contributed by atoms with E-state index in [-0.39, 0.29) is 22.7 Å². The fourth-order valence-electron chi connectivity index (χ4n) is 2.33. The number of aromatic nitrogens is 2. The second kappa shape index (κ2) is 9.04. The molecule has 0 bridgehead atoms. The van der Waals surface area contributed by atoms with Gasteiger partial charge in [-0.1, -0.05) is 36.4 Å². The zero-order chi connectivity index (χ0) is 20.7. The maximum absolute atomic E-state index is 12.5. The summed E-state index contributed by atoms with van der Waals surface area (Å²) in [6.45, 7) is 0.119. The van der Waals surface area contributed by atoms with Gasteiger partial charge in [-0.2, -0.15) is 0 Å². The van der Waals surface area contributed by atoms with Gasteiger partial charge in [0.05, 0.1) is 11.1 Å². The first kappa shape index (κ1) is 20.1. The molecule has 0 spiro atoms. The largest absolute Gasteiger partial charge is 0.289 e. The third-order valence-electron chi connectivity index (χ3n) is 3.80. The zero-order valence-corrected chi connectivity index (χ0v) is 15.9. The third-order valence-corrected chi connectivity index (χ3v) is 5.20. The van der Waals surface area contributed by atoms with E-state index >= 15 is 0 Å². The van der Waals surface area contributed by atoms with Gasteiger partial charge < -0.3 is 0 Å². The number of benzene rings is 2. The molecule has 0 saturated heterocycles. The van der Waals surface area contributed by atoms with Crippen LogP contribution in [0.4, 0.5) is 0 Å². The lowest BCUT2D eigenvalue weighted by molar-refractivity contribution is 0.0843. The molecule has 0 saturated carbocycles. The van der Waals surface area contributed by atoms with E-state index in [1.807, 2.05) is 18.2 Å². The molecule has 0 aliphatic rings. The molecule has 0 radical (unpaired) electrons. The van der Waals surface area contributed by atoms with Gasteiger partial charge >= 0.3 is 0 Å². The van der Waals surface area contributed by atoms with Gasteiger partial charge in [-0.25, -0.2) is 18.1 Å². The van der Waals surface area contributed by atoms with Crippen LogP contribution in [0.5, 0.6) is 0 Å². The standard InChI is InChI=1S/C19H17N5O4S/c25-18(23-24-19(26)17-13-20-9-10-21-17)15-7-4-8-16(11-15)29(27,28)22-12-14-5-2-1-3-6-14/h1-11,13,22H,12H2,(H,23,25)(H,24,26). The molecule has 0 unspecified atom stereocenters. The minimum absolute atomic E-state index is 0.0224. The summed E-state index contributed by atoms with van der Waals surface area (Å²) in [7, 11) is -3.82. The molecule has 148 valence electrons. The maximum atomic E-state index is 12.5. The summed E-state index contributed by atoms with van der Waals surface area (Å²) in [5.41, 5.74) is 5.30. The Morgan fingerprint density at radius 3 is 2.38 bits per heavy atom. The Bertz CT molecular complexity index is 1110. The third kappa shape index (κ3) is 5.43. The molecule has 3 N–H and O–H groups in total. The van der Waals surface area contributed by atoms with E-state index in [9.17, 15) is 18.0 Å². The number of hydrogen-bond acceptors (Lipinski definition) is 6. The number of carbonyl (C=O) groups is 2. The van der Waals surface area contributed by atoms with Crippen LogP contribution < -0.4 is 15.6 Å². The van der Waals surface area contributed by atoms with Gasteiger partial charge in [0, 0.05) is 24.5 Å². The van der Waals surface area contributed by atoms with Gasteiger partial charge in [0.15, 0.2) is 0 Å². The van der Waals surface area contributed by atoms with E-state index in [1.54, 1.807) is 12.1 Å². The summed E-state index contributed by atoms with van der Waals surface area (Å²) in [5, 5.41) is 0. The van der Waals surface area contributed by atoms with Crippen molar-refractivity contribution in [3.8, 4) is 0 Å². The number of nitrogens with zero attached hydrogens (tertiary/aromatic N) is 2. The van der Waals surface area contributed by atoms with Crippen molar-refractivity contribution in [2.45, 2.75) is 11.4 Å². The summed E-state index contributed by atoms with van der Waals surface area (Å²) in [6, 6.07) is 14.5. The Labute approximate surface area is 167 Å². The summed E-state index contributed by atoms with van der Waals surface area (Å²) in [6.07, 6.45) is 3.99. The van der Waals surface area contributed by atoms with Gasteiger partial charge in [-0.05, 0) is 23.8 Å². The van der Waals surface area contributed by atoms with Crippen LogP contribution in [0.1, 0.15) is 26.4 Å². The predicted molar refractivity (Wildman–Crippen MR) is 104 cm³/mol. The summed E-state index contributed by atoms with van der Waals surface area (Å²) < 4.78 is 27.5. The molecular formula is C19H17N5O4S. The second-order valence-electron chi connectivity index (χ2n) is 5.84. The van der Waals surface area contributed by atoms with Crippen molar-refractivity contribution in [2.75, 3.05) is 0 Å². The quantitative estimate of drug-likeness (QED) is 0.520. The van der Waals surface area contributed by atoms with Crippen molar-refractivity contribution >= 4 is 21.8 Å². The number of hydrazine groups is 1. The highest BCUT2D eigenvalue weighted by molar-refractivity contribution is 7.89. The van der Waals surface area contributed by atoms with Crippen LogP contribution in [0.25, 0.3) is 0 Å². The van der Waals surface area contributed by atoms with E-state index < -0.39 is 21.8 Å². The fraction of sp³-hybridized carbons (Fsp3) is 0.0526. The van der Waals surface area contributed by atoms with Crippen molar-refractivity contribution in [2.24, 2.45) is 0 Å². The Kier molecular flexibility index (Phi) is 6.27. The predicted octanol–water partition coefficient (Wildman–Crippen LogP) is 1.03. The lowest BCUT2D eigenvalue weighted by atomic mass is 10.2. The van der Waals surface area contributed by atoms with E-state index in [0.29, 0.717) is 0 Å². The molecule has 2 aromatic carbocycles. The van der Waals surface area contributed by atoms with Crippen LogP contribution in [0.3, 0.4) is 0 Å².